The van der Waals surface area contributed by atoms with Crippen molar-refractivity contribution in [3.63, 3.8) is 0 Å². The zero-order chi connectivity index (χ0) is 12.1. The first-order valence-corrected chi connectivity index (χ1v) is 4.51. The molecular weight excluding hydrogens is 215 g/mol. The van der Waals surface area contributed by atoms with Crippen LogP contribution in [0.15, 0.2) is 18.2 Å². The number of amides is 1. The van der Waals surface area contributed by atoms with E-state index in [0.29, 0.717) is 0 Å². The second kappa shape index (κ2) is 5.22. The van der Waals surface area contributed by atoms with Crippen LogP contribution in [0.1, 0.15) is 15.9 Å². The van der Waals surface area contributed by atoms with Gasteiger partial charge in [0.25, 0.3) is 0 Å². The maximum atomic E-state index is 13.2. The Morgan fingerprint density at radius 2 is 2.12 bits per heavy atom. The highest BCUT2D eigenvalue weighted by Gasteiger charge is 2.07. The first kappa shape index (κ1) is 12.1. The number of hydrogen-bond donors (Lipinski definition) is 3. The lowest BCUT2D eigenvalue weighted by molar-refractivity contribution is -0.136. The van der Waals surface area contributed by atoms with E-state index in [2.05, 4.69) is 5.32 Å². The molecule has 0 aliphatic heterocycles. The van der Waals surface area contributed by atoms with Gasteiger partial charge >= 0.3 is 5.97 Å². The number of halogens is 1. The van der Waals surface area contributed by atoms with E-state index in [-0.39, 0.29) is 24.2 Å². The van der Waals surface area contributed by atoms with Crippen molar-refractivity contribution in [1.82, 2.24) is 5.32 Å². The minimum Gasteiger partial charge on any atom is -0.480 e. The summed E-state index contributed by atoms with van der Waals surface area (Å²) in [6.45, 7) is -0.251. The van der Waals surface area contributed by atoms with Gasteiger partial charge in [-0.3, -0.25) is 9.59 Å². The molecule has 16 heavy (non-hydrogen) atoms. The summed E-state index contributed by atoms with van der Waals surface area (Å²) in [6, 6.07) is 3.70. The number of carbonyl (C=O) groups is 2. The summed E-state index contributed by atoms with van der Waals surface area (Å²) in [4.78, 5) is 21.1. The molecule has 1 aromatic rings. The van der Waals surface area contributed by atoms with E-state index in [0.717, 1.165) is 6.07 Å². The van der Waals surface area contributed by atoms with Crippen LogP contribution in [0.2, 0.25) is 0 Å². The van der Waals surface area contributed by atoms with Gasteiger partial charge in [-0.2, -0.15) is 0 Å². The number of nitrogens with one attached hydrogen (secondary N) is 1. The third kappa shape index (κ3) is 3.32. The number of carboxylic acids is 1. The molecule has 6 heteroatoms. The second-order valence-electron chi connectivity index (χ2n) is 3.17. The lowest BCUT2D eigenvalue weighted by Crippen LogP contribution is -2.22. The van der Waals surface area contributed by atoms with Crippen LogP contribution in [0.5, 0.6) is 0 Å². The van der Waals surface area contributed by atoms with Crippen molar-refractivity contribution in [3.8, 4) is 0 Å². The molecule has 0 radical (unpaired) electrons. The average Bonchev–Trinajstić information content (AvgIpc) is 2.20. The molecule has 0 fully saturated rings. The molecule has 0 heterocycles. The molecule has 1 amide bonds. The molecule has 5 nitrogen and oxygen atoms in total. The Balaban J connectivity index is 2.74. The molecule has 0 bridgehead atoms. The van der Waals surface area contributed by atoms with Gasteiger partial charge in [-0.1, -0.05) is 0 Å². The Hall–Kier alpha value is -1.95. The topological polar surface area (TPSA) is 92.4 Å². The third-order valence-electron chi connectivity index (χ3n) is 1.92. The van der Waals surface area contributed by atoms with E-state index in [9.17, 15) is 14.0 Å². The number of aliphatic carboxylic acids is 1. The van der Waals surface area contributed by atoms with Crippen LogP contribution in [0.3, 0.4) is 0 Å². The van der Waals surface area contributed by atoms with Crippen LogP contribution in [0, 0.1) is 5.82 Å². The second-order valence-corrected chi connectivity index (χ2v) is 3.17. The SMILES string of the molecule is NC(=O)c1ccc(F)c(CNCC(=O)O)c1. The van der Waals surface area contributed by atoms with Crippen molar-refractivity contribution in [1.29, 1.82) is 0 Å². The minimum atomic E-state index is -1.04. The molecular formula is C10H11FN2O3. The van der Waals surface area contributed by atoms with Crippen LogP contribution < -0.4 is 11.1 Å². The number of carbonyl (C=O) groups excluding carboxylic acids is 1. The summed E-state index contributed by atoms with van der Waals surface area (Å²) in [5, 5.41) is 10.9. The smallest absolute Gasteiger partial charge is 0.317 e. The normalized spacial score (nSPS) is 10.1. The summed E-state index contributed by atoms with van der Waals surface area (Å²) in [6.07, 6.45) is 0. The summed E-state index contributed by atoms with van der Waals surface area (Å²) < 4.78 is 13.2. The Kier molecular flexibility index (Phi) is 3.96. The first-order chi connectivity index (χ1) is 7.50. The molecule has 0 aromatic heterocycles. The van der Waals surface area contributed by atoms with E-state index in [1.54, 1.807) is 0 Å². The van der Waals surface area contributed by atoms with Crippen LogP contribution in [0.4, 0.5) is 4.39 Å². The summed E-state index contributed by atoms with van der Waals surface area (Å²) in [5.41, 5.74) is 5.43. The van der Waals surface area contributed by atoms with Crippen molar-refractivity contribution >= 4 is 11.9 Å². The van der Waals surface area contributed by atoms with E-state index in [1.807, 2.05) is 0 Å². The number of nitrogens with two attached hydrogens (primary N) is 1. The Morgan fingerprint density at radius 3 is 2.69 bits per heavy atom. The summed E-state index contributed by atoms with van der Waals surface area (Å²) >= 11 is 0. The molecule has 1 rings (SSSR count). The zero-order valence-corrected chi connectivity index (χ0v) is 8.37. The molecule has 0 unspecified atom stereocenters. The van der Waals surface area contributed by atoms with Gasteiger partial charge in [0.05, 0.1) is 6.54 Å². The van der Waals surface area contributed by atoms with Gasteiger partial charge in [0.15, 0.2) is 0 Å². The lowest BCUT2D eigenvalue weighted by atomic mass is 10.1. The number of rotatable bonds is 5. The Morgan fingerprint density at radius 1 is 1.44 bits per heavy atom. The average molecular weight is 226 g/mol. The van der Waals surface area contributed by atoms with Crippen molar-refractivity contribution in [2.45, 2.75) is 6.54 Å². The monoisotopic (exact) mass is 226 g/mol. The van der Waals surface area contributed by atoms with E-state index in [4.69, 9.17) is 10.8 Å². The molecule has 0 atom stereocenters. The minimum absolute atomic E-state index is 0.0270. The van der Waals surface area contributed by atoms with Crippen molar-refractivity contribution in [2.24, 2.45) is 5.73 Å². The van der Waals surface area contributed by atoms with Crippen LogP contribution in [0.25, 0.3) is 0 Å². The van der Waals surface area contributed by atoms with E-state index < -0.39 is 17.7 Å². The first-order valence-electron chi connectivity index (χ1n) is 4.51. The highest BCUT2D eigenvalue weighted by atomic mass is 19.1. The molecule has 1 aromatic carbocycles. The maximum Gasteiger partial charge on any atom is 0.317 e. The fraction of sp³-hybridized carbons (Fsp3) is 0.200. The predicted molar refractivity (Wildman–Crippen MR) is 54.3 cm³/mol. The molecule has 0 aliphatic carbocycles. The molecule has 4 N–H and O–H groups in total. The fourth-order valence-electron chi connectivity index (χ4n) is 1.17. The molecule has 0 aliphatic rings. The predicted octanol–water partition coefficient (Wildman–Crippen LogP) is 0.0988. The Labute approximate surface area is 91.1 Å². The van der Waals surface area contributed by atoms with Crippen LogP contribution >= 0.6 is 0 Å². The largest absolute Gasteiger partial charge is 0.480 e. The Bertz CT molecular complexity index is 421. The fourth-order valence-corrected chi connectivity index (χ4v) is 1.17. The van der Waals surface area contributed by atoms with Gasteiger partial charge in [-0.15, -0.1) is 0 Å². The number of carboxylic acid groups (broad SMARTS) is 1. The van der Waals surface area contributed by atoms with Gasteiger partial charge in [-0.05, 0) is 18.2 Å². The number of benzene rings is 1. The number of primary amides is 1. The van der Waals surface area contributed by atoms with Gasteiger partial charge < -0.3 is 16.2 Å². The third-order valence-corrected chi connectivity index (χ3v) is 1.92. The van der Waals surface area contributed by atoms with Gasteiger partial charge in [0, 0.05) is 17.7 Å². The maximum absolute atomic E-state index is 13.2. The highest BCUT2D eigenvalue weighted by molar-refractivity contribution is 5.92. The standard InChI is InChI=1S/C10H11FN2O3/c11-8-2-1-6(10(12)16)3-7(8)4-13-5-9(14)15/h1-3,13H,4-5H2,(H2,12,16)(H,14,15). The van der Waals surface area contributed by atoms with E-state index >= 15 is 0 Å². The van der Waals surface area contributed by atoms with E-state index in [1.165, 1.54) is 12.1 Å². The molecule has 0 saturated carbocycles. The number of hydrogen-bond acceptors (Lipinski definition) is 3. The summed E-state index contributed by atoms with van der Waals surface area (Å²) in [7, 11) is 0. The highest BCUT2D eigenvalue weighted by Crippen LogP contribution is 2.10. The van der Waals surface area contributed by atoms with Gasteiger partial charge in [0.2, 0.25) is 5.91 Å². The lowest BCUT2D eigenvalue weighted by Gasteiger charge is -2.05. The van der Waals surface area contributed by atoms with Crippen molar-refractivity contribution in [2.75, 3.05) is 6.54 Å². The zero-order valence-electron chi connectivity index (χ0n) is 8.37. The molecule has 0 saturated heterocycles. The molecule has 86 valence electrons. The van der Waals surface area contributed by atoms with Crippen molar-refractivity contribution in [3.05, 3.63) is 35.1 Å². The van der Waals surface area contributed by atoms with Gasteiger partial charge in [0.1, 0.15) is 5.82 Å². The van der Waals surface area contributed by atoms with Gasteiger partial charge in [-0.25, -0.2) is 4.39 Å². The van der Waals surface area contributed by atoms with Crippen LogP contribution in [-0.2, 0) is 11.3 Å². The summed E-state index contributed by atoms with van der Waals surface area (Å²) in [5.74, 6) is -2.20. The molecule has 0 spiro atoms. The van der Waals surface area contributed by atoms with Crippen LogP contribution in [-0.4, -0.2) is 23.5 Å². The quantitative estimate of drug-likeness (QED) is 0.663. The van der Waals surface area contributed by atoms with Crippen molar-refractivity contribution < 1.29 is 19.1 Å².